The van der Waals surface area contributed by atoms with Crippen LogP contribution < -0.4 is 10.6 Å². The monoisotopic (exact) mass is 298 g/mol. The van der Waals surface area contributed by atoms with Gasteiger partial charge in [-0.3, -0.25) is 4.79 Å². The van der Waals surface area contributed by atoms with Gasteiger partial charge in [-0.1, -0.05) is 31.2 Å². The molecule has 1 fully saturated rings. The fraction of sp³-hybridized carbons (Fsp3) is 0.533. The summed E-state index contributed by atoms with van der Waals surface area (Å²) < 4.78 is 0. The summed E-state index contributed by atoms with van der Waals surface area (Å²) in [5.74, 6) is 0.0851. The zero-order chi connectivity index (χ0) is 13.7. The lowest BCUT2D eigenvalue weighted by Crippen LogP contribution is -2.52. The van der Waals surface area contributed by atoms with Crippen molar-refractivity contribution in [2.75, 3.05) is 6.54 Å². The van der Waals surface area contributed by atoms with E-state index in [1.54, 1.807) is 0 Å². The molecule has 1 atom stereocenters. The molecule has 0 bridgehead atoms. The third kappa shape index (κ3) is 3.72. The third-order valence-corrected chi connectivity index (χ3v) is 3.91. The molecule has 1 aliphatic rings. The zero-order valence-electron chi connectivity index (χ0n) is 11.8. The largest absolute Gasteiger partial charge is 0.392 e. The molecule has 1 saturated heterocycles. The van der Waals surface area contributed by atoms with Crippen molar-refractivity contribution in [2.45, 2.75) is 44.9 Å². The van der Waals surface area contributed by atoms with Gasteiger partial charge in [0.2, 0.25) is 5.91 Å². The number of carbonyl (C=O) groups excluding carboxylic acids is 1. The van der Waals surface area contributed by atoms with Crippen LogP contribution in [-0.4, -0.2) is 23.1 Å². The van der Waals surface area contributed by atoms with E-state index in [0.717, 1.165) is 36.9 Å². The highest BCUT2D eigenvalue weighted by molar-refractivity contribution is 5.86. The summed E-state index contributed by atoms with van der Waals surface area (Å²) in [5, 5.41) is 15.4. The summed E-state index contributed by atoms with van der Waals surface area (Å²) in [6.45, 7) is 3.50. The van der Waals surface area contributed by atoms with E-state index >= 15 is 0 Å². The number of carbonyl (C=O) groups is 1. The van der Waals surface area contributed by atoms with E-state index in [-0.39, 0.29) is 30.5 Å². The SMILES string of the molecule is CCC1(C(=O)NCc2cccc(CO)c2)CCCN1.Cl. The highest BCUT2D eigenvalue weighted by atomic mass is 35.5. The third-order valence-electron chi connectivity index (χ3n) is 3.91. The van der Waals surface area contributed by atoms with Gasteiger partial charge in [-0.15, -0.1) is 12.4 Å². The molecule has 1 aliphatic heterocycles. The van der Waals surface area contributed by atoms with Crippen molar-refractivity contribution in [1.29, 1.82) is 0 Å². The van der Waals surface area contributed by atoms with Gasteiger partial charge in [0.25, 0.3) is 0 Å². The Morgan fingerprint density at radius 3 is 2.80 bits per heavy atom. The molecular formula is C15H23ClN2O2. The molecule has 0 radical (unpaired) electrons. The van der Waals surface area contributed by atoms with Crippen molar-refractivity contribution < 1.29 is 9.90 Å². The first-order valence-corrected chi connectivity index (χ1v) is 6.92. The van der Waals surface area contributed by atoms with Crippen LogP contribution in [0.3, 0.4) is 0 Å². The smallest absolute Gasteiger partial charge is 0.240 e. The highest BCUT2D eigenvalue weighted by Crippen LogP contribution is 2.23. The van der Waals surface area contributed by atoms with Crippen LogP contribution >= 0.6 is 12.4 Å². The standard InChI is InChI=1S/C15H22N2O2.ClH/c1-2-15(7-4-8-17-15)14(19)16-10-12-5-3-6-13(9-12)11-18;/h3,5-6,9,17-18H,2,4,7-8,10-11H2,1H3,(H,16,19);1H. The molecule has 0 aliphatic carbocycles. The lowest BCUT2D eigenvalue weighted by Gasteiger charge is -2.26. The fourth-order valence-electron chi connectivity index (χ4n) is 2.65. The number of aliphatic hydroxyl groups excluding tert-OH is 1. The molecule has 112 valence electrons. The van der Waals surface area contributed by atoms with E-state index in [0.29, 0.717) is 6.54 Å². The Morgan fingerprint density at radius 2 is 2.20 bits per heavy atom. The second-order valence-electron chi connectivity index (χ2n) is 5.13. The molecule has 4 nitrogen and oxygen atoms in total. The van der Waals surface area contributed by atoms with E-state index in [2.05, 4.69) is 10.6 Å². The summed E-state index contributed by atoms with van der Waals surface area (Å²) in [4.78, 5) is 12.3. The van der Waals surface area contributed by atoms with Crippen molar-refractivity contribution in [1.82, 2.24) is 10.6 Å². The Hall–Kier alpha value is -1.10. The van der Waals surface area contributed by atoms with Crippen molar-refractivity contribution in [3.8, 4) is 0 Å². The predicted octanol–water partition coefficient (Wildman–Crippen LogP) is 1.75. The molecule has 5 heteroatoms. The van der Waals surface area contributed by atoms with E-state index < -0.39 is 0 Å². The topological polar surface area (TPSA) is 61.4 Å². The Kier molecular flexibility index (Phi) is 6.46. The highest BCUT2D eigenvalue weighted by Gasteiger charge is 2.38. The number of nitrogens with one attached hydrogen (secondary N) is 2. The van der Waals surface area contributed by atoms with Gasteiger partial charge in [0.1, 0.15) is 0 Å². The second-order valence-corrected chi connectivity index (χ2v) is 5.13. The van der Waals surface area contributed by atoms with E-state index in [1.165, 1.54) is 0 Å². The minimum Gasteiger partial charge on any atom is -0.392 e. The lowest BCUT2D eigenvalue weighted by molar-refractivity contribution is -0.127. The molecule has 2 rings (SSSR count). The first kappa shape index (κ1) is 17.0. The van der Waals surface area contributed by atoms with Crippen molar-refractivity contribution in [2.24, 2.45) is 0 Å². The Morgan fingerprint density at radius 1 is 1.45 bits per heavy atom. The van der Waals surface area contributed by atoms with Crippen LogP contribution in [0, 0.1) is 0 Å². The molecule has 1 amide bonds. The molecule has 0 aromatic heterocycles. The minimum absolute atomic E-state index is 0. The fourth-order valence-corrected chi connectivity index (χ4v) is 2.65. The van der Waals surface area contributed by atoms with Gasteiger partial charge in [-0.25, -0.2) is 0 Å². The second kappa shape index (κ2) is 7.62. The molecule has 20 heavy (non-hydrogen) atoms. The summed E-state index contributed by atoms with van der Waals surface area (Å²) in [5.41, 5.74) is 1.51. The number of amides is 1. The van der Waals surface area contributed by atoms with Crippen molar-refractivity contribution in [3.63, 3.8) is 0 Å². The maximum Gasteiger partial charge on any atom is 0.240 e. The normalized spacial score (nSPS) is 21.3. The van der Waals surface area contributed by atoms with Gasteiger partial charge in [-0.2, -0.15) is 0 Å². The molecule has 0 saturated carbocycles. The number of hydrogen-bond acceptors (Lipinski definition) is 3. The maximum atomic E-state index is 12.3. The van der Waals surface area contributed by atoms with Crippen LogP contribution in [0.25, 0.3) is 0 Å². The number of benzene rings is 1. The van der Waals surface area contributed by atoms with E-state index in [9.17, 15) is 4.79 Å². The Bertz CT molecular complexity index is 445. The zero-order valence-corrected chi connectivity index (χ0v) is 12.6. The first-order chi connectivity index (χ1) is 9.20. The van der Waals surface area contributed by atoms with Crippen LogP contribution in [0.15, 0.2) is 24.3 Å². The Balaban J connectivity index is 0.00000200. The molecule has 1 aromatic carbocycles. The van der Waals surface area contributed by atoms with Gasteiger partial charge in [0.05, 0.1) is 12.1 Å². The van der Waals surface area contributed by atoms with Crippen LogP contribution in [0.2, 0.25) is 0 Å². The van der Waals surface area contributed by atoms with Gasteiger partial charge in [0, 0.05) is 6.54 Å². The summed E-state index contributed by atoms with van der Waals surface area (Å²) in [6, 6.07) is 7.65. The summed E-state index contributed by atoms with van der Waals surface area (Å²) in [7, 11) is 0. The quantitative estimate of drug-likeness (QED) is 0.776. The van der Waals surface area contributed by atoms with E-state index in [1.807, 2.05) is 31.2 Å². The van der Waals surface area contributed by atoms with Crippen LogP contribution in [0.1, 0.15) is 37.3 Å². The average Bonchev–Trinajstić information content (AvgIpc) is 2.95. The molecule has 0 spiro atoms. The number of halogens is 1. The molecular weight excluding hydrogens is 276 g/mol. The molecule has 1 unspecified atom stereocenters. The molecule has 1 aromatic rings. The van der Waals surface area contributed by atoms with Gasteiger partial charge in [0.15, 0.2) is 0 Å². The predicted molar refractivity (Wildman–Crippen MR) is 81.7 cm³/mol. The van der Waals surface area contributed by atoms with Gasteiger partial charge in [-0.05, 0) is 36.9 Å². The van der Waals surface area contributed by atoms with Gasteiger partial charge >= 0.3 is 0 Å². The van der Waals surface area contributed by atoms with E-state index in [4.69, 9.17) is 5.11 Å². The van der Waals surface area contributed by atoms with Crippen LogP contribution in [0.5, 0.6) is 0 Å². The number of rotatable bonds is 5. The number of aliphatic hydroxyl groups is 1. The molecule has 3 N–H and O–H groups in total. The summed E-state index contributed by atoms with van der Waals surface area (Å²) >= 11 is 0. The summed E-state index contributed by atoms with van der Waals surface area (Å²) in [6.07, 6.45) is 2.78. The van der Waals surface area contributed by atoms with Crippen molar-refractivity contribution in [3.05, 3.63) is 35.4 Å². The maximum absolute atomic E-state index is 12.3. The first-order valence-electron chi connectivity index (χ1n) is 6.92. The lowest BCUT2D eigenvalue weighted by atomic mass is 9.93. The minimum atomic E-state index is -0.380. The van der Waals surface area contributed by atoms with Crippen LogP contribution in [0.4, 0.5) is 0 Å². The number of hydrogen-bond donors (Lipinski definition) is 3. The average molecular weight is 299 g/mol. The van der Waals surface area contributed by atoms with Gasteiger partial charge < -0.3 is 15.7 Å². The van der Waals surface area contributed by atoms with Crippen LogP contribution in [-0.2, 0) is 17.9 Å². The van der Waals surface area contributed by atoms with Crippen molar-refractivity contribution >= 4 is 18.3 Å². The molecule has 1 heterocycles. The Labute approximate surface area is 126 Å².